The zero-order valence-corrected chi connectivity index (χ0v) is 14.3. The Morgan fingerprint density at radius 3 is 1.86 bits per heavy atom. The Labute approximate surface area is 155 Å². The lowest BCUT2D eigenvalue weighted by molar-refractivity contribution is -0.138. The Morgan fingerprint density at radius 2 is 1.32 bits per heavy atom. The van der Waals surface area contributed by atoms with Crippen LogP contribution in [-0.4, -0.2) is 17.1 Å². The molecule has 0 aliphatic carbocycles. The second-order valence-corrected chi connectivity index (χ2v) is 5.77. The highest BCUT2D eigenvalue weighted by molar-refractivity contribution is 5.69. The van der Waals surface area contributed by atoms with E-state index in [4.69, 9.17) is 4.74 Å². The number of aromatic nitrogens is 2. The Bertz CT molecular complexity index is 998. The molecule has 0 N–H and O–H groups in total. The van der Waals surface area contributed by atoms with Crippen molar-refractivity contribution in [3.63, 3.8) is 0 Å². The van der Waals surface area contributed by atoms with E-state index in [1.54, 1.807) is 0 Å². The molecule has 0 bridgehead atoms. The average molecular weight is 398 g/mol. The summed E-state index contributed by atoms with van der Waals surface area (Å²) in [7, 11) is 1.29. The van der Waals surface area contributed by atoms with Crippen LogP contribution in [0.1, 0.15) is 11.1 Å². The highest BCUT2D eigenvalue weighted by Gasteiger charge is 2.32. The van der Waals surface area contributed by atoms with Crippen LogP contribution in [0.2, 0.25) is 0 Å². The summed E-state index contributed by atoms with van der Waals surface area (Å²) < 4.78 is 82.9. The molecule has 0 radical (unpaired) electrons. The van der Waals surface area contributed by atoms with Crippen molar-refractivity contribution in [1.29, 1.82) is 0 Å². The van der Waals surface area contributed by atoms with Crippen molar-refractivity contribution in [2.24, 2.45) is 0 Å². The van der Waals surface area contributed by atoms with Gasteiger partial charge < -0.3 is 4.74 Å². The monoisotopic (exact) mass is 398 g/mol. The van der Waals surface area contributed by atoms with Crippen molar-refractivity contribution < 1.29 is 31.1 Å². The highest BCUT2D eigenvalue weighted by atomic mass is 19.4. The Hall–Kier alpha value is -3.10. The molecule has 0 aliphatic heterocycles. The first-order valence-electron chi connectivity index (χ1n) is 7.86. The van der Waals surface area contributed by atoms with E-state index in [0.29, 0.717) is 0 Å². The fraction of sp³-hybridized carbons (Fsp3) is 0.158. The minimum Gasteiger partial charge on any atom is -0.493 e. The van der Waals surface area contributed by atoms with Crippen molar-refractivity contribution in [2.75, 3.05) is 7.11 Å². The molecule has 3 rings (SSSR count). The molecule has 0 fully saturated rings. The third-order valence-corrected chi connectivity index (χ3v) is 3.89. The molecule has 1 heterocycles. The lowest BCUT2D eigenvalue weighted by Crippen LogP contribution is -2.06. The van der Waals surface area contributed by atoms with Gasteiger partial charge in [0, 0.05) is 11.1 Å². The van der Waals surface area contributed by atoms with Crippen molar-refractivity contribution in [2.45, 2.75) is 12.4 Å². The van der Waals surface area contributed by atoms with Crippen molar-refractivity contribution in [3.05, 3.63) is 65.9 Å². The summed E-state index contributed by atoms with van der Waals surface area (Å²) in [5.41, 5.74) is -1.56. The topological polar surface area (TPSA) is 35.0 Å². The first-order valence-corrected chi connectivity index (χ1v) is 7.86. The summed E-state index contributed by atoms with van der Waals surface area (Å²) in [6, 6.07) is 8.77. The summed E-state index contributed by atoms with van der Waals surface area (Å²) in [5.74, 6) is 0.0226. The molecular formula is C19H12F6N2O. The van der Waals surface area contributed by atoms with Gasteiger partial charge in [0.05, 0.1) is 24.4 Å². The van der Waals surface area contributed by atoms with Gasteiger partial charge in [-0.2, -0.15) is 26.3 Å². The fourth-order valence-corrected chi connectivity index (χ4v) is 2.54. The molecule has 0 amide bonds. The molecule has 0 aliphatic rings. The van der Waals surface area contributed by atoms with Gasteiger partial charge in [-0.3, -0.25) is 0 Å². The van der Waals surface area contributed by atoms with Crippen molar-refractivity contribution in [3.8, 4) is 28.4 Å². The van der Waals surface area contributed by atoms with Crippen LogP contribution < -0.4 is 4.74 Å². The Kier molecular flexibility index (Phi) is 5.01. The summed E-state index contributed by atoms with van der Waals surface area (Å²) in [6.45, 7) is 0. The summed E-state index contributed by atoms with van der Waals surface area (Å²) in [6.07, 6.45) is -7.90. The van der Waals surface area contributed by atoms with E-state index in [0.717, 1.165) is 24.3 Å². The van der Waals surface area contributed by atoms with Gasteiger partial charge in [0.15, 0.2) is 11.6 Å². The van der Waals surface area contributed by atoms with E-state index < -0.39 is 23.5 Å². The van der Waals surface area contributed by atoms with Gasteiger partial charge in [-0.05, 0) is 24.3 Å². The molecule has 146 valence electrons. The second kappa shape index (κ2) is 7.14. The molecule has 9 heteroatoms. The zero-order chi connectivity index (χ0) is 20.5. The van der Waals surface area contributed by atoms with E-state index >= 15 is 0 Å². The molecule has 0 atom stereocenters. The van der Waals surface area contributed by atoms with Crippen LogP contribution >= 0.6 is 0 Å². The summed E-state index contributed by atoms with van der Waals surface area (Å²) >= 11 is 0. The van der Waals surface area contributed by atoms with E-state index in [1.165, 1.54) is 37.6 Å². The molecule has 0 unspecified atom stereocenters. The molecule has 2 aromatic carbocycles. The van der Waals surface area contributed by atoms with Gasteiger partial charge in [0.2, 0.25) is 0 Å². The van der Waals surface area contributed by atoms with Gasteiger partial charge >= 0.3 is 12.4 Å². The van der Waals surface area contributed by atoms with Gasteiger partial charge in [-0.25, -0.2) is 9.97 Å². The molecule has 3 aromatic rings. The van der Waals surface area contributed by atoms with E-state index in [9.17, 15) is 26.3 Å². The molecule has 1 aromatic heterocycles. The number of benzene rings is 2. The molecule has 3 nitrogen and oxygen atoms in total. The van der Waals surface area contributed by atoms with Crippen LogP contribution in [0.15, 0.2) is 54.7 Å². The fourth-order valence-electron chi connectivity index (χ4n) is 2.54. The summed E-state index contributed by atoms with van der Waals surface area (Å²) in [5, 5.41) is 0. The maximum atomic E-state index is 13.0. The maximum Gasteiger partial charge on any atom is 0.416 e. The Balaban J connectivity index is 2.12. The largest absolute Gasteiger partial charge is 0.493 e. The number of nitrogens with zero attached hydrogens (tertiary/aromatic N) is 2. The van der Waals surface area contributed by atoms with Crippen molar-refractivity contribution in [1.82, 2.24) is 9.97 Å². The SMILES string of the molecule is COc1cnc(-c2cccc(C(F)(F)F)c2)nc1-c1cccc(C(F)(F)F)c1. The lowest BCUT2D eigenvalue weighted by atomic mass is 10.1. The van der Waals surface area contributed by atoms with Gasteiger partial charge in [-0.15, -0.1) is 0 Å². The number of ether oxygens (including phenoxy) is 1. The minimum atomic E-state index is -4.56. The molecule has 0 saturated heterocycles. The number of halogens is 6. The molecule has 0 spiro atoms. The van der Waals surface area contributed by atoms with Crippen LogP contribution in [0.5, 0.6) is 5.75 Å². The van der Waals surface area contributed by atoms with Crippen molar-refractivity contribution >= 4 is 0 Å². The first kappa shape index (κ1) is 19.7. The second-order valence-electron chi connectivity index (χ2n) is 5.77. The van der Waals surface area contributed by atoms with E-state index in [1.807, 2.05) is 0 Å². The predicted molar refractivity (Wildman–Crippen MR) is 89.5 cm³/mol. The van der Waals surface area contributed by atoms with Crippen LogP contribution in [0.3, 0.4) is 0 Å². The van der Waals surface area contributed by atoms with E-state index in [-0.39, 0.29) is 28.4 Å². The number of rotatable bonds is 3. The van der Waals surface area contributed by atoms with Gasteiger partial charge in [0.1, 0.15) is 5.69 Å². The molecule has 0 saturated carbocycles. The highest BCUT2D eigenvalue weighted by Crippen LogP contribution is 2.36. The van der Waals surface area contributed by atoms with Crippen LogP contribution in [0, 0.1) is 0 Å². The number of hydrogen-bond acceptors (Lipinski definition) is 3. The van der Waals surface area contributed by atoms with Gasteiger partial charge in [0.25, 0.3) is 0 Å². The van der Waals surface area contributed by atoms with Crippen LogP contribution in [0.4, 0.5) is 26.3 Å². The third kappa shape index (κ3) is 4.08. The summed E-state index contributed by atoms with van der Waals surface area (Å²) in [4.78, 5) is 8.13. The molecular weight excluding hydrogens is 386 g/mol. The minimum absolute atomic E-state index is 0.0380. The molecule has 28 heavy (non-hydrogen) atoms. The third-order valence-electron chi connectivity index (χ3n) is 3.89. The average Bonchev–Trinajstić information content (AvgIpc) is 2.66. The predicted octanol–water partition coefficient (Wildman–Crippen LogP) is 5.86. The van der Waals surface area contributed by atoms with E-state index in [2.05, 4.69) is 9.97 Å². The number of hydrogen-bond donors (Lipinski definition) is 0. The number of methoxy groups -OCH3 is 1. The Morgan fingerprint density at radius 1 is 0.786 bits per heavy atom. The standard InChI is InChI=1S/C19H12F6N2O/c1-28-15-10-26-17(12-5-3-7-14(9-12)19(23,24)25)27-16(15)11-4-2-6-13(8-11)18(20,21)22/h2-10H,1H3. The van der Waals surface area contributed by atoms with Gasteiger partial charge in [-0.1, -0.05) is 24.3 Å². The van der Waals surface area contributed by atoms with Crippen LogP contribution in [-0.2, 0) is 12.4 Å². The zero-order valence-electron chi connectivity index (χ0n) is 14.3. The first-order chi connectivity index (χ1) is 13.1. The quantitative estimate of drug-likeness (QED) is 0.519. The van der Waals surface area contributed by atoms with Crippen LogP contribution in [0.25, 0.3) is 22.6 Å². The number of alkyl halides is 6. The lowest BCUT2D eigenvalue weighted by Gasteiger charge is -2.13. The smallest absolute Gasteiger partial charge is 0.416 e. The maximum absolute atomic E-state index is 13.0. The normalized spacial score (nSPS) is 12.1.